The number of aliphatic hydroxyl groups is 1. The smallest absolute Gasteiger partial charge is 0.337 e. The van der Waals surface area contributed by atoms with E-state index in [-0.39, 0.29) is 6.54 Å². The van der Waals surface area contributed by atoms with Crippen LogP contribution in [0.4, 0.5) is 5.69 Å². The largest absolute Gasteiger partial charge is 0.479 e. The number of nitrogens with zero attached hydrogens (tertiary/aromatic N) is 1. The van der Waals surface area contributed by atoms with Crippen molar-refractivity contribution in [3.8, 4) is 0 Å². The van der Waals surface area contributed by atoms with Crippen LogP contribution in [0.3, 0.4) is 0 Å². The highest BCUT2D eigenvalue weighted by Crippen LogP contribution is 2.15. The number of amides is 1. The van der Waals surface area contributed by atoms with Crippen molar-refractivity contribution in [2.45, 2.75) is 32.8 Å². The van der Waals surface area contributed by atoms with E-state index in [4.69, 9.17) is 5.11 Å². The molecule has 1 aromatic carbocycles. The predicted octanol–water partition coefficient (Wildman–Crippen LogP) is 1.49. The molecule has 0 saturated heterocycles. The van der Waals surface area contributed by atoms with Gasteiger partial charge in [0.2, 0.25) is 0 Å². The summed E-state index contributed by atoms with van der Waals surface area (Å²) in [5, 5.41) is 20.8. The third-order valence-electron chi connectivity index (χ3n) is 3.42. The van der Waals surface area contributed by atoms with Gasteiger partial charge in [-0.15, -0.1) is 0 Å². The van der Waals surface area contributed by atoms with Gasteiger partial charge in [-0.1, -0.05) is 6.92 Å². The molecule has 0 radical (unpaired) electrons. The zero-order chi connectivity index (χ0) is 16.8. The number of nitrogens with one attached hydrogen (secondary N) is 1. The molecule has 0 aliphatic heterocycles. The summed E-state index contributed by atoms with van der Waals surface area (Å²) in [7, 11) is 0. The summed E-state index contributed by atoms with van der Waals surface area (Å²) in [6.45, 7) is 6.82. The molecule has 0 saturated carbocycles. The van der Waals surface area contributed by atoms with Crippen LogP contribution < -0.4 is 10.2 Å². The van der Waals surface area contributed by atoms with Gasteiger partial charge >= 0.3 is 5.97 Å². The Morgan fingerprint density at radius 1 is 1.23 bits per heavy atom. The Labute approximate surface area is 130 Å². The van der Waals surface area contributed by atoms with Gasteiger partial charge in [0.15, 0.2) is 5.60 Å². The van der Waals surface area contributed by atoms with Gasteiger partial charge in [-0.05, 0) is 44.5 Å². The molecule has 122 valence electrons. The Morgan fingerprint density at radius 3 is 2.27 bits per heavy atom. The van der Waals surface area contributed by atoms with Crippen LogP contribution in [0, 0.1) is 0 Å². The normalized spacial score (nSPS) is 13.3. The van der Waals surface area contributed by atoms with Crippen LogP contribution in [-0.4, -0.2) is 47.3 Å². The highest BCUT2D eigenvalue weighted by molar-refractivity contribution is 5.95. The second-order valence-electron chi connectivity index (χ2n) is 5.39. The van der Waals surface area contributed by atoms with Gasteiger partial charge in [-0.3, -0.25) is 4.79 Å². The highest BCUT2D eigenvalue weighted by Gasteiger charge is 2.30. The van der Waals surface area contributed by atoms with Gasteiger partial charge in [-0.25, -0.2) is 4.79 Å². The average Bonchev–Trinajstić information content (AvgIpc) is 2.50. The van der Waals surface area contributed by atoms with E-state index in [1.165, 1.54) is 0 Å². The first-order valence-electron chi connectivity index (χ1n) is 7.40. The molecule has 3 N–H and O–H groups in total. The first-order chi connectivity index (χ1) is 10.3. The van der Waals surface area contributed by atoms with Crippen molar-refractivity contribution >= 4 is 17.6 Å². The number of anilines is 1. The molecule has 6 heteroatoms. The van der Waals surface area contributed by atoms with Gasteiger partial charge < -0.3 is 20.4 Å². The topological polar surface area (TPSA) is 89.9 Å². The molecule has 0 aliphatic rings. The molecule has 1 aromatic rings. The minimum absolute atomic E-state index is 0.347. The third-order valence-corrected chi connectivity index (χ3v) is 3.42. The van der Waals surface area contributed by atoms with Crippen molar-refractivity contribution in [1.29, 1.82) is 0 Å². The maximum atomic E-state index is 12.0. The standard InChI is InChI=1S/C16H24N2O4/c1-4-10-18(5-2)13-8-6-12(7-9-13)14(19)17-11-16(3,22)15(20)21/h6-9,22H,4-5,10-11H2,1-3H3,(H,17,19)(H,20,21). The maximum Gasteiger partial charge on any atom is 0.337 e. The van der Waals surface area contributed by atoms with Crippen LogP contribution in [0.1, 0.15) is 37.6 Å². The minimum atomic E-state index is -1.98. The number of carbonyl (C=O) groups is 2. The molecule has 0 aliphatic carbocycles. The van der Waals surface area contributed by atoms with Crippen molar-refractivity contribution in [2.24, 2.45) is 0 Å². The number of carboxylic acid groups (broad SMARTS) is 1. The number of benzene rings is 1. The second kappa shape index (κ2) is 7.79. The molecule has 1 atom stereocenters. The first-order valence-corrected chi connectivity index (χ1v) is 7.40. The molecule has 0 spiro atoms. The van der Waals surface area contributed by atoms with Crippen molar-refractivity contribution < 1.29 is 19.8 Å². The Bertz CT molecular complexity index is 511. The van der Waals surface area contributed by atoms with Gasteiger partial charge in [-0.2, -0.15) is 0 Å². The molecule has 0 heterocycles. The Hall–Kier alpha value is -2.08. The summed E-state index contributed by atoms with van der Waals surface area (Å²) in [5.74, 6) is -1.78. The summed E-state index contributed by atoms with van der Waals surface area (Å²) in [6, 6.07) is 7.11. The highest BCUT2D eigenvalue weighted by atomic mass is 16.4. The summed E-state index contributed by atoms with van der Waals surface area (Å²) in [4.78, 5) is 24.9. The van der Waals surface area contributed by atoms with Gasteiger partial charge in [0, 0.05) is 24.3 Å². The van der Waals surface area contributed by atoms with E-state index < -0.39 is 17.5 Å². The fourth-order valence-corrected chi connectivity index (χ4v) is 1.99. The second-order valence-corrected chi connectivity index (χ2v) is 5.39. The third kappa shape index (κ3) is 4.73. The number of carboxylic acids is 1. The number of rotatable bonds is 8. The fourth-order valence-electron chi connectivity index (χ4n) is 1.99. The van der Waals surface area contributed by atoms with Crippen LogP contribution in [0.15, 0.2) is 24.3 Å². The Kier molecular flexibility index (Phi) is 6.37. The lowest BCUT2D eigenvalue weighted by Crippen LogP contribution is -2.46. The molecule has 0 aromatic heterocycles. The molecular weight excluding hydrogens is 284 g/mol. The summed E-state index contributed by atoms with van der Waals surface area (Å²) in [5.41, 5.74) is -0.508. The maximum absolute atomic E-state index is 12.0. The van der Waals surface area contributed by atoms with E-state index in [0.717, 1.165) is 32.1 Å². The first kappa shape index (κ1) is 18.0. The van der Waals surface area contributed by atoms with E-state index in [1.807, 2.05) is 12.1 Å². The Morgan fingerprint density at radius 2 is 1.82 bits per heavy atom. The lowest BCUT2D eigenvalue weighted by molar-refractivity contribution is -0.155. The summed E-state index contributed by atoms with van der Waals surface area (Å²) >= 11 is 0. The molecule has 22 heavy (non-hydrogen) atoms. The van der Waals surface area contributed by atoms with E-state index in [0.29, 0.717) is 5.56 Å². The number of aliphatic carboxylic acids is 1. The van der Waals surface area contributed by atoms with Gasteiger partial charge in [0.05, 0.1) is 6.54 Å². The van der Waals surface area contributed by atoms with Crippen molar-refractivity contribution in [2.75, 3.05) is 24.5 Å². The average molecular weight is 308 g/mol. The fraction of sp³-hybridized carbons (Fsp3) is 0.500. The zero-order valence-electron chi connectivity index (χ0n) is 13.3. The van der Waals surface area contributed by atoms with Crippen LogP contribution in [-0.2, 0) is 4.79 Å². The molecule has 1 rings (SSSR count). The SMILES string of the molecule is CCCN(CC)c1ccc(C(=O)NCC(C)(O)C(=O)O)cc1. The lowest BCUT2D eigenvalue weighted by Gasteiger charge is -2.22. The van der Waals surface area contributed by atoms with Crippen LogP contribution in [0.5, 0.6) is 0 Å². The van der Waals surface area contributed by atoms with Crippen LogP contribution in [0.25, 0.3) is 0 Å². The zero-order valence-corrected chi connectivity index (χ0v) is 13.3. The molecule has 0 fully saturated rings. The summed E-state index contributed by atoms with van der Waals surface area (Å²) < 4.78 is 0. The van der Waals surface area contributed by atoms with Gasteiger partial charge in [0.1, 0.15) is 0 Å². The lowest BCUT2D eigenvalue weighted by atomic mass is 10.1. The molecular formula is C16H24N2O4. The van der Waals surface area contributed by atoms with E-state index >= 15 is 0 Å². The molecule has 1 unspecified atom stereocenters. The van der Waals surface area contributed by atoms with Crippen molar-refractivity contribution in [3.63, 3.8) is 0 Å². The van der Waals surface area contributed by atoms with E-state index in [9.17, 15) is 14.7 Å². The quantitative estimate of drug-likeness (QED) is 0.677. The number of carbonyl (C=O) groups excluding carboxylic acids is 1. The molecule has 6 nitrogen and oxygen atoms in total. The van der Waals surface area contributed by atoms with Crippen LogP contribution >= 0.6 is 0 Å². The van der Waals surface area contributed by atoms with E-state index in [2.05, 4.69) is 24.1 Å². The molecule has 0 bridgehead atoms. The predicted molar refractivity (Wildman–Crippen MR) is 85.2 cm³/mol. The van der Waals surface area contributed by atoms with Crippen molar-refractivity contribution in [1.82, 2.24) is 5.32 Å². The minimum Gasteiger partial charge on any atom is -0.479 e. The Balaban J connectivity index is 2.70. The number of hydrogen-bond donors (Lipinski definition) is 3. The number of hydrogen-bond acceptors (Lipinski definition) is 4. The summed E-state index contributed by atoms with van der Waals surface area (Å²) in [6.07, 6.45) is 1.04. The van der Waals surface area contributed by atoms with Crippen molar-refractivity contribution in [3.05, 3.63) is 29.8 Å². The van der Waals surface area contributed by atoms with E-state index in [1.54, 1.807) is 12.1 Å². The monoisotopic (exact) mass is 308 g/mol. The van der Waals surface area contributed by atoms with Gasteiger partial charge in [0.25, 0.3) is 5.91 Å². The molecule has 1 amide bonds. The van der Waals surface area contributed by atoms with Crippen LogP contribution in [0.2, 0.25) is 0 Å².